The molecule has 1 aliphatic heterocycles. The Balaban J connectivity index is 0.000000360. The van der Waals surface area contributed by atoms with Crippen LogP contribution in [0, 0.1) is 0 Å². The zero-order valence-electron chi connectivity index (χ0n) is 4.55. The van der Waals surface area contributed by atoms with Crippen LogP contribution >= 0.6 is 0 Å². The van der Waals surface area contributed by atoms with Crippen LogP contribution in [0.4, 0.5) is 0 Å². The Labute approximate surface area is 43.8 Å². The van der Waals surface area contributed by atoms with Crippen molar-refractivity contribution in [2.75, 3.05) is 6.61 Å². The summed E-state index contributed by atoms with van der Waals surface area (Å²) in [6.45, 7) is 2.84. The molecule has 2 heteroatoms. The summed E-state index contributed by atoms with van der Waals surface area (Å²) < 4.78 is 5.04. The first kappa shape index (κ1) is 6.66. The molecule has 0 fully saturated rings. The fourth-order valence-corrected chi connectivity index (χ4v) is 0.510. The number of hydrogen-bond acceptors (Lipinski definition) is 2. The van der Waals surface area contributed by atoms with E-state index in [1.165, 1.54) is 0 Å². The van der Waals surface area contributed by atoms with Crippen molar-refractivity contribution in [2.24, 2.45) is 0 Å². The summed E-state index contributed by atoms with van der Waals surface area (Å²) in [4.78, 5) is 0. The fourth-order valence-electron chi connectivity index (χ4n) is 0.510. The molecule has 0 aliphatic carbocycles. The van der Waals surface area contributed by atoms with Crippen LogP contribution in [-0.4, -0.2) is 12.7 Å². The third-order valence-corrected chi connectivity index (χ3v) is 0.862. The third-order valence-electron chi connectivity index (χ3n) is 0.862. The SMILES string of the molecule is CC1C=CCO1.N. The summed E-state index contributed by atoms with van der Waals surface area (Å²) in [6.07, 6.45) is 4.45. The lowest BCUT2D eigenvalue weighted by Crippen LogP contribution is -1.94. The minimum atomic E-state index is 0. The zero-order valence-corrected chi connectivity index (χ0v) is 4.55. The highest BCUT2D eigenvalue weighted by Crippen LogP contribution is 1.99. The Hall–Kier alpha value is -0.340. The lowest BCUT2D eigenvalue weighted by atomic mass is 10.4. The van der Waals surface area contributed by atoms with Gasteiger partial charge in [-0.25, -0.2) is 0 Å². The second-order valence-electron chi connectivity index (χ2n) is 1.47. The van der Waals surface area contributed by atoms with Crippen molar-refractivity contribution in [3.05, 3.63) is 12.2 Å². The largest absolute Gasteiger partial charge is 0.370 e. The monoisotopic (exact) mass is 101 g/mol. The van der Waals surface area contributed by atoms with Crippen molar-refractivity contribution < 1.29 is 4.74 Å². The van der Waals surface area contributed by atoms with E-state index in [0.29, 0.717) is 6.10 Å². The molecule has 0 amide bonds. The Bertz CT molecular complexity index is 70.5. The molecule has 42 valence electrons. The maximum atomic E-state index is 5.04. The number of ether oxygens (including phenoxy) is 1. The molecule has 0 aromatic heterocycles. The predicted molar refractivity (Wildman–Crippen MR) is 29.6 cm³/mol. The maximum absolute atomic E-state index is 5.04. The molecule has 2 nitrogen and oxygen atoms in total. The molecule has 0 spiro atoms. The van der Waals surface area contributed by atoms with Crippen LogP contribution in [0.15, 0.2) is 12.2 Å². The summed E-state index contributed by atoms with van der Waals surface area (Å²) in [5.74, 6) is 0. The van der Waals surface area contributed by atoms with Gasteiger partial charge < -0.3 is 10.9 Å². The van der Waals surface area contributed by atoms with Gasteiger partial charge >= 0.3 is 0 Å². The second kappa shape index (κ2) is 2.77. The standard InChI is InChI=1S/C5H8O.H3N/c1-5-3-2-4-6-5;/h2-3,5H,4H2,1H3;1H3. The van der Waals surface area contributed by atoms with Gasteiger partial charge in [0.15, 0.2) is 0 Å². The molecule has 1 heterocycles. The Kier molecular flexibility index (Phi) is 2.64. The van der Waals surface area contributed by atoms with E-state index in [1.807, 2.05) is 13.0 Å². The number of hydrogen-bond donors (Lipinski definition) is 1. The predicted octanol–water partition coefficient (Wildman–Crippen LogP) is 1.12. The smallest absolute Gasteiger partial charge is 0.0732 e. The van der Waals surface area contributed by atoms with E-state index < -0.39 is 0 Å². The zero-order chi connectivity index (χ0) is 4.41. The van der Waals surface area contributed by atoms with E-state index >= 15 is 0 Å². The van der Waals surface area contributed by atoms with Gasteiger partial charge in [0.05, 0.1) is 12.7 Å². The van der Waals surface area contributed by atoms with Crippen LogP contribution in [0.5, 0.6) is 0 Å². The molecule has 1 atom stereocenters. The molecule has 0 aromatic rings. The first-order chi connectivity index (χ1) is 2.89. The molecule has 1 aliphatic rings. The molecule has 7 heavy (non-hydrogen) atoms. The highest BCUT2D eigenvalue weighted by Gasteiger charge is 1.98. The average Bonchev–Trinajstić information content (AvgIpc) is 1.86. The van der Waals surface area contributed by atoms with Gasteiger partial charge in [0.1, 0.15) is 0 Å². The Morgan fingerprint density at radius 2 is 2.43 bits per heavy atom. The lowest BCUT2D eigenvalue weighted by Gasteiger charge is -1.93. The van der Waals surface area contributed by atoms with Crippen molar-refractivity contribution in [3.63, 3.8) is 0 Å². The van der Waals surface area contributed by atoms with E-state index in [2.05, 4.69) is 6.08 Å². The first-order valence-corrected chi connectivity index (χ1v) is 2.18. The van der Waals surface area contributed by atoms with Gasteiger partial charge in [0.25, 0.3) is 0 Å². The van der Waals surface area contributed by atoms with Crippen LogP contribution < -0.4 is 6.15 Å². The Morgan fingerprint density at radius 3 is 2.57 bits per heavy atom. The second-order valence-corrected chi connectivity index (χ2v) is 1.47. The molecule has 0 saturated heterocycles. The van der Waals surface area contributed by atoms with E-state index in [1.54, 1.807) is 0 Å². The highest BCUT2D eigenvalue weighted by molar-refractivity contribution is 4.92. The van der Waals surface area contributed by atoms with Gasteiger partial charge in [-0.2, -0.15) is 0 Å². The van der Waals surface area contributed by atoms with Crippen LogP contribution in [0.3, 0.4) is 0 Å². The fraction of sp³-hybridized carbons (Fsp3) is 0.600. The topological polar surface area (TPSA) is 44.2 Å². The van der Waals surface area contributed by atoms with E-state index in [-0.39, 0.29) is 6.15 Å². The van der Waals surface area contributed by atoms with Gasteiger partial charge in [-0.05, 0) is 6.92 Å². The highest BCUT2D eigenvalue weighted by atomic mass is 16.5. The van der Waals surface area contributed by atoms with Gasteiger partial charge in [0.2, 0.25) is 0 Å². The van der Waals surface area contributed by atoms with Gasteiger partial charge in [-0.1, -0.05) is 12.2 Å². The first-order valence-electron chi connectivity index (χ1n) is 2.18. The third kappa shape index (κ3) is 1.71. The summed E-state index contributed by atoms with van der Waals surface area (Å²) in [5.41, 5.74) is 0. The minimum Gasteiger partial charge on any atom is -0.370 e. The lowest BCUT2D eigenvalue weighted by molar-refractivity contribution is 0.142. The van der Waals surface area contributed by atoms with E-state index in [4.69, 9.17) is 4.74 Å². The van der Waals surface area contributed by atoms with Crippen LogP contribution in [0.1, 0.15) is 6.92 Å². The summed E-state index contributed by atoms with van der Waals surface area (Å²) >= 11 is 0. The molecule has 1 rings (SSSR count). The van der Waals surface area contributed by atoms with Crippen molar-refractivity contribution in [3.8, 4) is 0 Å². The molecular weight excluding hydrogens is 90.1 g/mol. The summed E-state index contributed by atoms with van der Waals surface area (Å²) in [5, 5.41) is 0. The maximum Gasteiger partial charge on any atom is 0.0732 e. The van der Waals surface area contributed by atoms with Crippen molar-refractivity contribution >= 4 is 0 Å². The molecular formula is C5H11NO. The van der Waals surface area contributed by atoms with Crippen LogP contribution in [0.2, 0.25) is 0 Å². The van der Waals surface area contributed by atoms with Crippen LogP contribution in [0.25, 0.3) is 0 Å². The Morgan fingerprint density at radius 1 is 1.71 bits per heavy atom. The van der Waals surface area contributed by atoms with Gasteiger partial charge in [-0.3, -0.25) is 0 Å². The molecule has 1 unspecified atom stereocenters. The normalized spacial score (nSPS) is 27.3. The number of rotatable bonds is 0. The van der Waals surface area contributed by atoms with Crippen LogP contribution in [-0.2, 0) is 4.74 Å². The summed E-state index contributed by atoms with van der Waals surface area (Å²) in [6, 6.07) is 0. The van der Waals surface area contributed by atoms with Crippen molar-refractivity contribution in [2.45, 2.75) is 13.0 Å². The van der Waals surface area contributed by atoms with Crippen molar-refractivity contribution in [1.29, 1.82) is 0 Å². The van der Waals surface area contributed by atoms with Gasteiger partial charge in [0, 0.05) is 0 Å². The molecule has 0 aromatic carbocycles. The quantitative estimate of drug-likeness (QED) is 0.465. The average molecular weight is 101 g/mol. The van der Waals surface area contributed by atoms with E-state index in [0.717, 1.165) is 6.61 Å². The van der Waals surface area contributed by atoms with Gasteiger partial charge in [-0.15, -0.1) is 0 Å². The van der Waals surface area contributed by atoms with Crippen molar-refractivity contribution in [1.82, 2.24) is 6.15 Å². The molecule has 0 radical (unpaired) electrons. The van der Waals surface area contributed by atoms with E-state index in [9.17, 15) is 0 Å². The molecule has 3 N–H and O–H groups in total. The summed E-state index contributed by atoms with van der Waals surface area (Å²) in [7, 11) is 0. The molecule has 0 saturated carbocycles. The molecule has 0 bridgehead atoms. The minimum absolute atomic E-state index is 0.